The molecule has 0 spiro atoms. The summed E-state index contributed by atoms with van der Waals surface area (Å²) >= 11 is 0. The first kappa shape index (κ1) is 14.2. The number of rotatable bonds is 0. The minimum Gasteiger partial charge on any atom is -0.508 e. The molecule has 0 heterocycles. The molecule has 4 aromatic rings. The third kappa shape index (κ3) is 2.94. The van der Waals surface area contributed by atoms with E-state index in [4.69, 9.17) is 5.11 Å². The summed E-state index contributed by atoms with van der Waals surface area (Å²) in [5, 5.41) is 14.0. The minimum atomic E-state index is 0.322. The molecule has 4 rings (SSSR count). The van der Waals surface area contributed by atoms with Crippen LogP contribution in [0.5, 0.6) is 5.75 Å². The maximum absolute atomic E-state index is 8.63. The molecular formula is C21H18O. The molecule has 0 radical (unpaired) electrons. The van der Waals surface area contributed by atoms with Crippen LogP contribution >= 0.6 is 0 Å². The Morgan fingerprint density at radius 2 is 1.23 bits per heavy atom. The van der Waals surface area contributed by atoms with Gasteiger partial charge in [-0.3, -0.25) is 0 Å². The molecule has 4 aromatic carbocycles. The summed E-state index contributed by atoms with van der Waals surface area (Å²) in [5.41, 5.74) is 1.35. The normalized spacial score (nSPS) is 10.2. The van der Waals surface area contributed by atoms with Crippen LogP contribution in [0.4, 0.5) is 0 Å². The highest BCUT2D eigenvalue weighted by Gasteiger charge is 2.00. The molecule has 0 saturated carbocycles. The highest BCUT2D eigenvalue weighted by atomic mass is 16.3. The molecule has 1 nitrogen and oxygen atoms in total. The smallest absolute Gasteiger partial charge is 0.115 e. The van der Waals surface area contributed by atoms with Gasteiger partial charge in [-0.1, -0.05) is 72.8 Å². The molecule has 0 atom stereocenters. The summed E-state index contributed by atoms with van der Waals surface area (Å²) < 4.78 is 0. The van der Waals surface area contributed by atoms with Gasteiger partial charge in [-0.25, -0.2) is 0 Å². The molecule has 0 aliphatic heterocycles. The van der Waals surface area contributed by atoms with Crippen LogP contribution in [0.25, 0.3) is 21.5 Å². The molecule has 0 amide bonds. The molecule has 0 fully saturated rings. The zero-order chi connectivity index (χ0) is 15.4. The summed E-state index contributed by atoms with van der Waals surface area (Å²) in [6.07, 6.45) is 0. The van der Waals surface area contributed by atoms with E-state index in [2.05, 4.69) is 61.5 Å². The van der Waals surface area contributed by atoms with Crippen molar-refractivity contribution in [3.05, 3.63) is 90.5 Å². The number of phenols is 1. The Kier molecular flexibility index (Phi) is 4.06. The molecule has 0 unspecified atom stereocenters. The SMILES string of the molecule is Cc1cccc2c1ccc1ccccc12.Oc1ccccc1. The van der Waals surface area contributed by atoms with Crippen molar-refractivity contribution in [3.63, 3.8) is 0 Å². The highest BCUT2D eigenvalue weighted by molar-refractivity contribution is 6.08. The van der Waals surface area contributed by atoms with Crippen LogP contribution in [0.3, 0.4) is 0 Å². The number of aromatic hydroxyl groups is 1. The fourth-order valence-corrected chi connectivity index (χ4v) is 2.63. The molecule has 0 aliphatic rings. The highest BCUT2D eigenvalue weighted by Crippen LogP contribution is 2.26. The van der Waals surface area contributed by atoms with Crippen LogP contribution in [-0.2, 0) is 0 Å². The van der Waals surface area contributed by atoms with Gasteiger partial charge in [0.05, 0.1) is 0 Å². The van der Waals surface area contributed by atoms with Gasteiger partial charge in [0, 0.05) is 0 Å². The van der Waals surface area contributed by atoms with Crippen LogP contribution in [0, 0.1) is 6.92 Å². The maximum Gasteiger partial charge on any atom is 0.115 e. The van der Waals surface area contributed by atoms with Gasteiger partial charge >= 0.3 is 0 Å². The first-order chi connectivity index (χ1) is 10.8. The van der Waals surface area contributed by atoms with E-state index >= 15 is 0 Å². The van der Waals surface area contributed by atoms with E-state index in [1.807, 2.05) is 6.07 Å². The first-order valence-corrected chi connectivity index (χ1v) is 7.37. The Bertz CT molecular complexity index is 895. The van der Waals surface area contributed by atoms with Crippen molar-refractivity contribution >= 4 is 21.5 Å². The Balaban J connectivity index is 0.000000174. The summed E-state index contributed by atoms with van der Waals surface area (Å²) in [6.45, 7) is 2.16. The van der Waals surface area contributed by atoms with Crippen LogP contribution < -0.4 is 0 Å². The lowest BCUT2D eigenvalue weighted by Crippen LogP contribution is -1.80. The number of hydrogen-bond acceptors (Lipinski definition) is 1. The molecule has 0 aromatic heterocycles. The fourth-order valence-electron chi connectivity index (χ4n) is 2.63. The van der Waals surface area contributed by atoms with Gasteiger partial charge in [0.15, 0.2) is 0 Å². The van der Waals surface area contributed by atoms with E-state index in [9.17, 15) is 0 Å². The lowest BCUT2D eigenvalue weighted by molar-refractivity contribution is 0.475. The Morgan fingerprint density at radius 1 is 0.545 bits per heavy atom. The van der Waals surface area contributed by atoms with Gasteiger partial charge in [0.25, 0.3) is 0 Å². The minimum absolute atomic E-state index is 0.322. The van der Waals surface area contributed by atoms with Gasteiger partial charge in [-0.15, -0.1) is 0 Å². The van der Waals surface area contributed by atoms with Crippen molar-refractivity contribution in [1.29, 1.82) is 0 Å². The Hall–Kier alpha value is -2.80. The number of phenolic OH excluding ortho intramolecular Hbond substituents is 1. The van der Waals surface area contributed by atoms with Crippen LogP contribution in [0.15, 0.2) is 84.9 Å². The second-order valence-corrected chi connectivity index (χ2v) is 5.29. The molecule has 1 N–H and O–H groups in total. The third-order valence-electron chi connectivity index (χ3n) is 3.76. The lowest BCUT2D eigenvalue weighted by Gasteiger charge is -2.05. The third-order valence-corrected chi connectivity index (χ3v) is 3.76. The molecule has 108 valence electrons. The van der Waals surface area contributed by atoms with Gasteiger partial charge in [0.1, 0.15) is 5.75 Å². The molecule has 1 heteroatoms. The van der Waals surface area contributed by atoms with Crippen molar-refractivity contribution in [3.8, 4) is 5.75 Å². The lowest BCUT2D eigenvalue weighted by atomic mass is 9.99. The van der Waals surface area contributed by atoms with Crippen molar-refractivity contribution in [2.45, 2.75) is 6.92 Å². The average Bonchev–Trinajstić information content (AvgIpc) is 2.56. The summed E-state index contributed by atoms with van der Waals surface area (Å²) in [5.74, 6) is 0.322. The van der Waals surface area contributed by atoms with Gasteiger partial charge < -0.3 is 5.11 Å². The van der Waals surface area contributed by atoms with Crippen molar-refractivity contribution in [2.24, 2.45) is 0 Å². The molecular weight excluding hydrogens is 268 g/mol. The molecule has 0 saturated heterocycles. The summed E-state index contributed by atoms with van der Waals surface area (Å²) in [4.78, 5) is 0. The molecule has 0 bridgehead atoms. The van der Waals surface area contributed by atoms with E-state index in [1.54, 1.807) is 24.3 Å². The Labute approximate surface area is 130 Å². The predicted molar refractivity (Wildman–Crippen MR) is 94.3 cm³/mol. The standard InChI is InChI=1S/C15H12.C6H6O/c1-11-5-4-8-15-13(11)10-9-12-6-2-3-7-14(12)15;7-6-4-2-1-3-5-6/h2-10H,1H3;1-5,7H. The van der Waals surface area contributed by atoms with Crippen molar-refractivity contribution < 1.29 is 5.11 Å². The van der Waals surface area contributed by atoms with E-state index in [0.29, 0.717) is 5.75 Å². The predicted octanol–water partition coefficient (Wildman–Crippen LogP) is 5.69. The first-order valence-electron chi connectivity index (χ1n) is 7.37. The average molecular weight is 286 g/mol. The van der Waals surface area contributed by atoms with Crippen LogP contribution in [0.2, 0.25) is 0 Å². The summed E-state index contributed by atoms with van der Waals surface area (Å²) in [7, 11) is 0. The number of hydrogen-bond donors (Lipinski definition) is 1. The van der Waals surface area contributed by atoms with Crippen LogP contribution in [0.1, 0.15) is 5.56 Å². The summed E-state index contributed by atoms with van der Waals surface area (Å²) in [6, 6.07) is 28.2. The largest absolute Gasteiger partial charge is 0.508 e. The quantitative estimate of drug-likeness (QED) is 0.411. The van der Waals surface area contributed by atoms with Gasteiger partial charge in [-0.05, 0) is 46.2 Å². The maximum atomic E-state index is 8.63. The van der Waals surface area contributed by atoms with Crippen molar-refractivity contribution in [2.75, 3.05) is 0 Å². The molecule has 0 aliphatic carbocycles. The fraction of sp³-hybridized carbons (Fsp3) is 0.0476. The Morgan fingerprint density at radius 3 is 1.95 bits per heavy atom. The van der Waals surface area contributed by atoms with Gasteiger partial charge in [-0.2, -0.15) is 0 Å². The zero-order valence-corrected chi connectivity index (χ0v) is 12.5. The number of para-hydroxylation sites is 1. The van der Waals surface area contributed by atoms with E-state index in [0.717, 1.165) is 0 Å². The van der Waals surface area contributed by atoms with E-state index in [-0.39, 0.29) is 0 Å². The number of aryl methyl sites for hydroxylation is 1. The van der Waals surface area contributed by atoms with E-state index < -0.39 is 0 Å². The second kappa shape index (κ2) is 6.31. The molecule has 22 heavy (non-hydrogen) atoms. The second-order valence-electron chi connectivity index (χ2n) is 5.29. The topological polar surface area (TPSA) is 20.2 Å². The van der Waals surface area contributed by atoms with Crippen LogP contribution in [-0.4, -0.2) is 5.11 Å². The monoisotopic (exact) mass is 286 g/mol. The van der Waals surface area contributed by atoms with Crippen molar-refractivity contribution in [1.82, 2.24) is 0 Å². The van der Waals surface area contributed by atoms with E-state index in [1.165, 1.54) is 27.1 Å². The number of benzene rings is 4. The number of fused-ring (bicyclic) bond motifs is 3. The van der Waals surface area contributed by atoms with Gasteiger partial charge in [0.2, 0.25) is 0 Å². The zero-order valence-electron chi connectivity index (χ0n) is 12.5.